The van der Waals surface area contributed by atoms with Gasteiger partial charge in [-0.25, -0.2) is 0 Å². The highest BCUT2D eigenvalue weighted by Gasteiger charge is 1.93. The van der Waals surface area contributed by atoms with E-state index in [2.05, 4.69) is 49.5 Å². The average molecular weight is 175 g/mol. The molecule has 13 heavy (non-hydrogen) atoms. The van der Waals surface area contributed by atoms with Crippen molar-refractivity contribution in [3.05, 3.63) is 41.0 Å². The molecule has 1 aromatic rings. The first-order valence-corrected chi connectivity index (χ1v) is 4.61. The third kappa shape index (κ3) is 3.03. The molecule has 0 spiro atoms. The molecule has 0 fully saturated rings. The lowest BCUT2D eigenvalue weighted by molar-refractivity contribution is 0.884. The summed E-state index contributed by atoms with van der Waals surface area (Å²) in [5.74, 6) is 0. The average Bonchev–Trinajstić information content (AvgIpc) is 2.09. The summed E-state index contributed by atoms with van der Waals surface area (Å²) in [4.78, 5) is 0. The van der Waals surface area contributed by atoms with Gasteiger partial charge in [0.05, 0.1) is 0 Å². The molecule has 0 radical (unpaired) electrons. The van der Waals surface area contributed by atoms with Crippen LogP contribution in [0.2, 0.25) is 0 Å². The van der Waals surface area contributed by atoms with Crippen molar-refractivity contribution in [3.63, 3.8) is 0 Å². The number of hydrogen-bond donors (Lipinski definition) is 1. The van der Waals surface area contributed by atoms with Crippen molar-refractivity contribution in [2.75, 3.05) is 13.6 Å². The molecule has 1 heteroatoms. The van der Waals surface area contributed by atoms with Gasteiger partial charge in [0, 0.05) is 6.54 Å². The maximum Gasteiger partial charge on any atom is 0.0162 e. The summed E-state index contributed by atoms with van der Waals surface area (Å²) in [7, 11) is 1.97. The summed E-state index contributed by atoms with van der Waals surface area (Å²) < 4.78 is 0. The van der Waals surface area contributed by atoms with Crippen LogP contribution < -0.4 is 5.32 Å². The quantitative estimate of drug-likeness (QED) is 0.744. The molecule has 0 amide bonds. The monoisotopic (exact) mass is 175 g/mol. The summed E-state index contributed by atoms with van der Waals surface area (Å²) >= 11 is 0. The molecule has 1 rings (SSSR count). The van der Waals surface area contributed by atoms with E-state index in [0.29, 0.717) is 0 Å². The van der Waals surface area contributed by atoms with Crippen LogP contribution in [0.5, 0.6) is 0 Å². The highest BCUT2D eigenvalue weighted by Crippen LogP contribution is 2.11. The second-order valence-corrected chi connectivity index (χ2v) is 3.38. The fourth-order valence-corrected chi connectivity index (χ4v) is 1.34. The number of benzene rings is 1. The minimum absolute atomic E-state index is 0.953. The SMILES string of the molecule is CNCC(C)=Cc1ccccc1C. The molecule has 0 heterocycles. The topological polar surface area (TPSA) is 12.0 Å². The van der Waals surface area contributed by atoms with Gasteiger partial charge >= 0.3 is 0 Å². The van der Waals surface area contributed by atoms with E-state index < -0.39 is 0 Å². The number of aryl methyl sites for hydroxylation is 1. The molecule has 0 saturated carbocycles. The first-order chi connectivity index (χ1) is 6.24. The lowest BCUT2D eigenvalue weighted by atomic mass is 10.1. The van der Waals surface area contributed by atoms with E-state index in [0.717, 1.165) is 6.54 Å². The Morgan fingerprint density at radius 2 is 2.08 bits per heavy atom. The number of hydrogen-bond acceptors (Lipinski definition) is 1. The van der Waals surface area contributed by atoms with Gasteiger partial charge in [0.15, 0.2) is 0 Å². The molecular weight excluding hydrogens is 158 g/mol. The van der Waals surface area contributed by atoms with Gasteiger partial charge in [-0.15, -0.1) is 0 Å². The van der Waals surface area contributed by atoms with Crippen LogP contribution in [0.25, 0.3) is 6.08 Å². The smallest absolute Gasteiger partial charge is 0.0162 e. The Balaban J connectivity index is 2.84. The van der Waals surface area contributed by atoms with Crippen LogP contribution in [-0.4, -0.2) is 13.6 Å². The molecule has 1 aromatic carbocycles. The van der Waals surface area contributed by atoms with E-state index in [1.54, 1.807) is 0 Å². The van der Waals surface area contributed by atoms with E-state index in [1.165, 1.54) is 16.7 Å². The van der Waals surface area contributed by atoms with Crippen LogP contribution in [0.3, 0.4) is 0 Å². The van der Waals surface area contributed by atoms with Gasteiger partial charge in [-0.3, -0.25) is 0 Å². The lowest BCUT2D eigenvalue weighted by Crippen LogP contribution is -2.08. The van der Waals surface area contributed by atoms with Gasteiger partial charge in [-0.2, -0.15) is 0 Å². The predicted octanol–water partition coefficient (Wildman–Crippen LogP) is 2.62. The predicted molar refractivity (Wildman–Crippen MR) is 58.8 cm³/mol. The molecule has 70 valence electrons. The summed E-state index contributed by atoms with van der Waals surface area (Å²) in [6.07, 6.45) is 2.23. The normalized spacial score (nSPS) is 11.8. The van der Waals surface area contributed by atoms with E-state index >= 15 is 0 Å². The molecule has 0 aliphatic carbocycles. The van der Waals surface area contributed by atoms with Crippen molar-refractivity contribution in [2.24, 2.45) is 0 Å². The molecular formula is C12H17N. The summed E-state index contributed by atoms with van der Waals surface area (Å²) in [6, 6.07) is 8.43. The number of rotatable bonds is 3. The Morgan fingerprint density at radius 1 is 1.38 bits per heavy atom. The molecule has 0 aliphatic heterocycles. The standard InChI is InChI=1S/C12H17N/c1-10(9-13-3)8-12-7-5-4-6-11(12)2/h4-8,13H,9H2,1-3H3. The van der Waals surface area contributed by atoms with E-state index in [4.69, 9.17) is 0 Å². The van der Waals surface area contributed by atoms with Gasteiger partial charge < -0.3 is 5.32 Å². The third-order valence-corrected chi connectivity index (χ3v) is 2.05. The summed E-state index contributed by atoms with van der Waals surface area (Å²) in [5.41, 5.74) is 4.00. The molecule has 0 saturated heterocycles. The van der Waals surface area contributed by atoms with E-state index in [1.807, 2.05) is 7.05 Å². The Morgan fingerprint density at radius 3 is 2.69 bits per heavy atom. The Labute approximate surface area is 80.5 Å². The first-order valence-electron chi connectivity index (χ1n) is 4.61. The first kappa shape index (κ1) is 10.0. The Kier molecular flexibility index (Phi) is 3.71. The van der Waals surface area contributed by atoms with Gasteiger partial charge in [0.25, 0.3) is 0 Å². The van der Waals surface area contributed by atoms with Crippen molar-refractivity contribution in [2.45, 2.75) is 13.8 Å². The molecule has 1 nitrogen and oxygen atoms in total. The minimum atomic E-state index is 0.953. The Hall–Kier alpha value is -1.08. The molecule has 0 aliphatic rings. The van der Waals surface area contributed by atoms with E-state index in [-0.39, 0.29) is 0 Å². The zero-order valence-electron chi connectivity index (χ0n) is 8.59. The summed E-state index contributed by atoms with van der Waals surface area (Å²) in [6.45, 7) is 5.23. The zero-order chi connectivity index (χ0) is 9.68. The van der Waals surface area contributed by atoms with Crippen LogP contribution in [0.1, 0.15) is 18.1 Å². The van der Waals surface area contributed by atoms with Crippen LogP contribution in [0.4, 0.5) is 0 Å². The zero-order valence-corrected chi connectivity index (χ0v) is 8.59. The van der Waals surface area contributed by atoms with Crippen molar-refractivity contribution in [3.8, 4) is 0 Å². The largest absolute Gasteiger partial charge is 0.316 e. The minimum Gasteiger partial charge on any atom is -0.316 e. The van der Waals surface area contributed by atoms with E-state index in [9.17, 15) is 0 Å². The molecule has 0 unspecified atom stereocenters. The van der Waals surface area contributed by atoms with Crippen molar-refractivity contribution in [1.29, 1.82) is 0 Å². The van der Waals surface area contributed by atoms with Crippen LogP contribution in [0, 0.1) is 6.92 Å². The lowest BCUT2D eigenvalue weighted by Gasteiger charge is -2.02. The van der Waals surface area contributed by atoms with Gasteiger partial charge in [0.1, 0.15) is 0 Å². The Bertz CT molecular complexity index is 300. The van der Waals surface area contributed by atoms with Crippen molar-refractivity contribution >= 4 is 6.08 Å². The molecule has 1 N–H and O–H groups in total. The number of nitrogens with one attached hydrogen (secondary N) is 1. The van der Waals surface area contributed by atoms with Crippen LogP contribution in [0.15, 0.2) is 29.8 Å². The van der Waals surface area contributed by atoms with Gasteiger partial charge in [-0.05, 0) is 32.0 Å². The molecule has 0 aromatic heterocycles. The maximum atomic E-state index is 3.14. The highest BCUT2D eigenvalue weighted by atomic mass is 14.8. The molecule has 0 atom stereocenters. The van der Waals surface area contributed by atoms with Crippen molar-refractivity contribution < 1.29 is 0 Å². The maximum absolute atomic E-state index is 3.14. The molecule has 0 bridgehead atoms. The van der Waals surface area contributed by atoms with Gasteiger partial charge in [-0.1, -0.05) is 35.9 Å². The van der Waals surface area contributed by atoms with Gasteiger partial charge in [0.2, 0.25) is 0 Å². The van der Waals surface area contributed by atoms with Crippen molar-refractivity contribution in [1.82, 2.24) is 5.32 Å². The second kappa shape index (κ2) is 4.83. The van der Waals surface area contributed by atoms with Crippen LogP contribution in [-0.2, 0) is 0 Å². The fraction of sp³-hybridized carbons (Fsp3) is 0.333. The third-order valence-electron chi connectivity index (χ3n) is 2.05. The highest BCUT2D eigenvalue weighted by molar-refractivity contribution is 5.56. The second-order valence-electron chi connectivity index (χ2n) is 3.38. The van der Waals surface area contributed by atoms with Crippen LogP contribution >= 0.6 is 0 Å². The summed E-state index contributed by atoms with van der Waals surface area (Å²) in [5, 5.41) is 3.14. The fourth-order valence-electron chi connectivity index (χ4n) is 1.34. The number of likely N-dealkylation sites (N-methyl/N-ethyl adjacent to an activating group) is 1.